The quantitative estimate of drug-likeness (QED) is 0.126. The molecule has 2 nitrogen and oxygen atoms in total. The van der Waals surface area contributed by atoms with Crippen LogP contribution in [-0.4, -0.2) is 6.71 Å². The van der Waals surface area contributed by atoms with Crippen molar-refractivity contribution < 1.29 is 0 Å². The van der Waals surface area contributed by atoms with E-state index in [0.717, 1.165) is 67.5 Å². The minimum Gasteiger partial charge on any atom is -0.311 e. The summed E-state index contributed by atoms with van der Waals surface area (Å²) in [6.45, 7) is -0.217. The Kier molecular flexibility index (Phi) is 12.0. The normalized spacial score (nSPS) is 12.1. The Labute approximate surface area is 474 Å². The second kappa shape index (κ2) is 20.4. The molecular formula is C78H53BN2. The second-order valence-corrected chi connectivity index (χ2v) is 21.2. The molecule has 3 heteroatoms. The summed E-state index contributed by atoms with van der Waals surface area (Å²) in [7, 11) is 0. The molecule has 2 aliphatic heterocycles. The third-order valence-corrected chi connectivity index (χ3v) is 16.4. The van der Waals surface area contributed by atoms with Crippen molar-refractivity contribution in [3.05, 3.63) is 322 Å². The molecule has 0 aromatic heterocycles. The lowest BCUT2D eigenvalue weighted by Gasteiger charge is -2.46. The highest BCUT2D eigenvalue weighted by molar-refractivity contribution is 7.02. The molecule has 0 unspecified atom stereocenters. The van der Waals surface area contributed by atoms with Crippen molar-refractivity contribution >= 4 is 57.2 Å². The maximum atomic E-state index is 2.60. The van der Waals surface area contributed by atoms with E-state index in [2.05, 4.69) is 331 Å². The van der Waals surface area contributed by atoms with Crippen LogP contribution < -0.4 is 26.2 Å². The molecular weight excluding hydrogens is 976 g/mol. The highest BCUT2D eigenvalue weighted by Gasteiger charge is 2.46. The summed E-state index contributed by atoms with van der Waals surface area (Å²) < 4.78 is 0. The molecule has 15 rings (SSSR count). The van der Waals surface area contributed by atoms with Crippen molar-refractivity contribution in [3.8, 4) is 89.0 Å². The van der Waals surface area contributed by atoms with Gasteiger partial charge >= 0.3 is 0 Å². The van der Waals surface area contributed by atoms with Gasteiger partial charge in [-0.05, 0) is 178 Å². The van der Waals surface area contributed by atoms with E-state index in [9.17, 15) is 0 Å². The third-order valence-electron chi connectivity index (χ3n) is 16.4. The van der Waals surface area contributed by atoms with Crippen molar-refractivity contribution in [3.63, 3.8) is 0 Å². The SMILES string of the molecule is c1ccc(-c2cc(-c3ccccc3)cc(N3c4cc(-c5ccccc5)cc(-c5ccccc5)c4B4c5c(-c6ccccc6)cc(-c6ccccc6)cc5N(c5cc(-c6ccccc6)cc(-c6ccccc6)c5)c5cccc3c54)c2)cc1. The lowest BCUT2D eigenvalue weighted by atomic mass is 9.31. The van der Waals surface area contributed by atoms with Gasteiger partial charge in [-0.25, -0.2) is 0 Å². The Balaban J connectivity index is 1.11. The highest BCUT2D eigenvalue weighted by Crippen LogP contribution is 2.50. The summed E-state index contributed by atoms with van der Waals surface area (Å²) in [5.74, 6) is 0. The topological polar surface area (TPSA) is 6.48 Å². The summed E-state index contributed by atoms with van der Waals surface area (Å²) in [5, 5.41) is 0. The van der Waals surface area contributed by atoms with Crippen LogP contribution in [0, 0.1) is 0 Å². The first-order chi connectivity index (χ1) is 40.2. The third kappa shape index (κ3) is 8.64. The molecule has 0 atom stereocenters. The first-order valence-corrected chi connectivity index (χ1v) is 28.0. The van der Waals surface area contributed by atoms with Crippen LogP contribution in [0.4, 0.5) is 34.1 Å². The Morgan fingerprint density at radius 3 is 0.691 bits per heavy atom. The molecule has 0 saturated heterocycles. The van der Waals surface area contributed by atoms with Gasteiger partial charge in [-0.15, -0.1) is 0 Å². The monoisotopic (exact) mass is 1030 g/mol. The van der Waals surface area contributed by atoms with Crippen LogP contribution in [0.3, 0.4) is 0 Å². The summed E-state index contributed by atoms with van der Waals surface area (Å²) in [4.78, 5) is 5.20. The second-order valence-electron chi connectivity index (χ2n) is 21.2. The number of benzene rings is 13. The van der Waals surface area contributed by atoms with Gasteiger partial charge in [-0.3, -0.25) is 0 Å². The molecule has 0 spiro atoms. The van der Waals surface area contributed by atoms with Crippen molar-refractivity contribution in [1.82, 2.24) is 0 Å². The van der Waals surface area contributed by atoms with Crippen LogP contribution >= 0.6 is 0 Å². The molecule has 2 heterocycles. The van der Waals surface area contributed by atoms with Crippen LogP contribution in [0.5, 0.6) is 0 Å². The maximum absolute atomic E-state index is 2.60. The Morgan fingerprint density at radius 1 is 0.173 bits per heavy atom. The van der Waals surface area contributed by atoms with E-state index < -0.39 is 0 Å². The Hall–Kier alpha value is -10.5. The highest BCUT2D eigenvalue weighted by atomic mass is 15.2. The molecule has 0 radical (unpaired) electrons. The summed E-state index contributed by atoms with van der Waals surface area (Å²) in [5.41, 5.74) is 29.2. The van der Waals surface area contributed by atoms with Crippen LogP contribution in [0.25, 0.3) is 89.0 Å². The summed E-state index contributed by atoms with van der Waals surface area (Å²) >= 11 is 0. The predicted molar refractivity (Wildman–Crippen MR) is 344 cm³/mol. The van der Waals surface area contributed by atoms with E-state index in [-0.39, 0.29) is 6.71 Å². The van der Waals surface area contributed by atoms with E-state index in [4.69, 9.17) is 0 Å². The van der Waals surface area contributed by atoms with Gasteiger partial charge in [0.1, 0.15) is 0 Å². The van der Waals surface area contributed by atoms with E-state index in [0.29, 0.717) is 0 Å². The zero-order valence-electron chi connectivity index (χ0n) is 44.6. The number of rotatable bonds is 10. The minimum atomic E-state index is -0.217. The largest absolute Gasteiger partial charge is 0.311 e. The molecule has 81 heavy (non-hydrogen) atoms. The molecule has 2 aliphatic rings. The number of hydrogen-bond acceptors (Lipinski definition) is 2. The molecule has 0 aliphatic carbocycles. The maximum Gasteiger partial charge on any atom is 0.253 e. The van der Waals surface area contributed by atoms with Crippen molar-refractivity contribution in [2.24, 2.45) is 0 Å². The van der Waals surface area contributed by atoms with Crippen molar-refractivity contribution in [2.45, 2.75) is 0 Å². The number of fused-ring (bicyclic) bond motifs is 4. The van der Waals surface area contributed by atoms with Gasteiger partial charge in [0.25, 0.3) is 6.71 Å². The van der Waals surface area contributed by atoms with Crippen LogP contribution in [-0.2, 0) is 0 Å². The van der Waals surface area contributed by atoms with Crippen molar-refractivity contribution in [2.75, 3.05) is 9.80 Å². The molecule has 0 amide bonds. The zero-order valence-corrected chi connectivity index (χ0v) is 44.6. The smallest absolute Gasteiger partial charge is 0.253 e. The molecule has 13 aromatic carbocycles. The van der Waals surface area contributed by atoms with Gasteiger partial charge in [-0.2, -0.15) is 0 Å². The lowest BCUT2D eigenvalue weighted by Crippen LogP contribution is -2.62. The lowest BCUT2D eigenvalue weighted by molar-refractivity contribution is 1.25. The van der Waals surface area contributed by atoms with Gasteiger partial charge in [0, 0.05) is 34.1 Å². The van der Waals surface area contributed by atoms with Crippen LogP contribution in [0.15, 0.2) is 322 Å². The molecule has 0 N–H and O–H groups in total. The summed E-state index contributed by atoms with van der Waals surface area (Å²) in [6.07, 6.45) is 0. The van der Waals surface area contributed by atoms with Gasteiger partial charge in [0.15, 0.2) is 0 Å². The molecule has 13 aromatic rings. The van der Waals surface area contributed by atoms with E-state index in [1.54, 1.807) is 0 Å². The first kappa shape index (κ1) is 47.7. The molecule has 378 valence electrons. The van der Waals surface area contributed by atoms with Gasteiger partial charge in [0.05, 0.1) is 0 Å². The molecule has 0 bridgehead atoms. The Morgan fingerprint density at radius 2 is 0.420 bits per heavy atom. The summed E-state index contributed by atoms with van der Waals surface area (Å²) in [6, 6.07) is 119. The fourth-order valence-electron chi connectivity index (χ4n) is 12.7. The van der Waals surface area contributed by atoms with Crippen LogP contribution in [0.1, 0.15) is 0 Å². The Bertz CT molecular complexity index is 4020. The van der Waals surface area contributed by atoms with Crippen molar-refractivity contribution in [1.29, 1.82) is 0 Å². The number of nitrogens with zero attached hydrogens (tertiary/aromatic N) is 2. The van der Waals surface area contributed by atoms with Gasteiger partial charge < -0.3 is 9.80 Å². The van der Waals surface area contributed by atoms with E-state index in [1.165, 1.54) is 72.0 Å². The molecule has 0 fully saturated rings. The first-order valence-electron chi connectivity index (χ1n) is 28.0. The van der Waals surface area contributed by atoms with Gasteiger partial charge in [0.2, 0.25) is 0 Å². The predicted octanol–water partition coefficient (Wildman–Crippen LogP) is 19.1. The fraction of sp³-hybridized carbons (Fsp3) is 0. The fourth-order valence-corrected chi connectivity index (χ4v) is 12.7. The average Bonchev–Trinajstić information content (AvgIpc) is 2.00. The average molecular weight is 1030 g/mol. The molecule has 0 saturated carbocycles. The van der Waals surface area contributed by atoms with E-state index >= 15 is 0 Å². The van der Waals surface area contributed by atoms with Gasteiger partial charge in [-0.1, -0.05) is 249 Å². The number of hydrogen-bond donors (Lipinski definition) is 0. The standard InChI is InChI=1S/C78H53BN2/c1-9-26-54(27-10-1)62-44-63(55-28-11-2-12-29-55)47-68(46-62)80-72-42-25-43-73-78(72)79(76-70(60-38-21-7-22-39-60)50-66(52-74(76)80)58-34-17-5-18-35-58)77-71(61-40-23-8-24-41-61)51-67(59-36-19-6-20-37-59)53-75(77)81(73)69-48-64(56-30-13-3-14-31-56)45-65(49-69)57-32-15-4-16-33-57/h1-53H. The van der Waals surface area contributed by atoms with Crippen LogP contribution in [0.2, 0.25) is 0 Å². The number of anilines is 6. The zero-order chi connectivity index (χ0) is 53.6. The van der Waals surface area contributed by atoms with E-state index in [1.807, 2.05) is 0 Å². The minimum absolute atomic E-state index is 0.217.